The van der Waals surface area contributed by atoms with Crippen molar-refractivity contribution in [1.29, 1.82) is 0 Å². The average molecular weight is 489 g/mol. The van der Waals surface area contributed by atoms with E-state index in [9.17, 15) is 0 Å². The molecule has 1 aromatic heterocycles. The third kappa shape index (κ3) is 3.14. The molecule has 0 spiro atoms. The predicted octanol–water partition coefficient (Wildman–Crippen LogP) is 6.47. The van der Waals surface area contributed by atoms with Crippen molar-refractivity contribution in [2.24, 2.45) is 20.0 Å². The van der Waals surface area contributed by atoms with Gasteiger partial charge in [0.05, 0.1) is 28.1 Å². The number of hydrogen-bond donors (Lipinski definition) is 0. The molecule has 8 rings (SSSR count). The number of aromatic nitrogens is 1. The third-order valence-electron chi connectivity index (χ3n) is 6.99. The normalized spacial score (nSPS) is 16.3. The van der Waals surface area contributed by atoms with Crippen LogP contribution >= 0.6 is 0 Å². The van der Waals surface area contributed by atoms with Crippen molar-refractivity contribution in [2.45, 2.75) is 0 Å². The van der Waals surface area contributed by atoms with E-state index >= 15 is 0 Å². The molecule has 0 atom stereocenters. The Morgan fingerprint density at radius 1 is 0.447 bits per heavy atom. The highest BCUT2D eigenvalue weighted by Crippen LogP contribution is 2.33. The average Bonchev–Trinajstić information content (AvgIpc) is 3.32. The van der Waals surface area contributed by atoms with Crippen LogP contribution in [0, 0.1) is 0 Å². The van der Waals surface area contributed by atoms with Crippen LogP contribution in [0.1, 0.15) is 11.1 Å². The predicted molar refractivity (Wildman–Crippen MR) is 154 cm³/mol. The second-order valence-corrected chi connectivity index (χ2v) is 9.27. The first-order valence-electron chi connectivity index (χ1n) is 12.5. The summed E-state index contributed by atoms with van der Waals surface area (Å²) in [5.41, 5.74) is 6.78. The van der Waals surface area contributed by atoms with Gasteiger partial charge in [-0.05, 0) is 24.3 Å². The molecule has 0 unspecified atom stereocenters. The topological polar surface area (TPSA) is 57.6 Å². The molecule has 0 aliphatic carbocycles. The van der Waals surface area contributed by atoms with Gasteiger partial charge in [-0.25, -0.2) is 14.9 Å². The Balaban J connectivity index is 1.40. The maximum absolute atomic E-state index is 5.02. The summed E-state index contributed by atoms with van der Waals surface area (Å²) in [5.74, 6) is 1.64. The van der Waals surface area contributed by atoms with E-state index < -0.39 is 0 Å². The summed E-state index contributed by atoms with van der Waals surface area (Å²) in [5, 5.41) is 2.31. The third-order valence-corrected chi connectivity index (χ3v) is 6.99. The van der Waals surface area contributed by atoms with Crippen LogP contribution in [-0.2, 0) is 0 Å². The lowest BCUT2D eigenvalue weighted by atomic mass is 10.0. The van der Waals surface area contributed by atoms with Gasteiger partial charge < -0.3 is 0 Å². The van der Waals surface area contributed by atoms with Gasteiger partial charge in [0.25, 0.3) is 0 Å². The van der Waals surface area contributed by atoms with Gasteiger partial charge in [-0.1, -0.05) is 97.1 Å². The Morgan fingerprint density at radius 2 is 1.00 bits per heavy atom. The van der Waals surface area contributed by atoms with E-state index in [1.54, 1.807) is 0 Å². The van der Waals surface area contributed by atoms with Crippen LogP contribution in [0.25, 0.3) is 27.5 Å². The summed E-state index contributed by atoms with van der Waals surface area (Å²) < 4.78 is 2.10. The fraction of sp³-hybridized carbons (Fsp3) is 0. The molecule has 3 aliphatic rings. The minimum Gasteiger partial charge on any atom is -0.278 e. The zero-order chi connectivity index (χ0) is 25.1. The molecule has 0 saturated heterocycles. The van der Waals surface area contributed by atoms with E-state index in [-0.39, 0.29) is 0 Å². The lowest BCUT2D eigenvalue weighted by molar-refractivity contribution is 0.733. The molecular formula is C32H20N6. The molecule has 0 amide bonds. The summed E-state index contributed by atoms with van der Waals surface area (Å²) >= 11 is 0. The molecule has 4 aromatic carbocycles. The van der Waals surface area contributed by atoms with Gasteiger partial charge in [-0.2, -0.15) is 9.98 Å². The first kappa shape index (κ1) is 20.8. The molecule has 0 fully saturated rings. The second kappa shape index (κ2) is 8.08. The van der Waals surface area contributed by atoms with Crippen LogP contribution in [0.15, 0.2) is 147 Å². The molecule has 0 radical (unpaired) electrons. The Hall–Kier alpha value is -5.36. The highest BCUT2D eigenvalue weighted by molar-refractivity contribution is 6.26. The number of para-hydroxylation sites is 2. The van der Waals surface area contributed by atoms with Crippen molar-refractivity contribution < 1.29 is 0 Å². The minimum atomic E-state index is 0.541. The van der Waals surface area contributed by atoms with E-state index in [0.717, 1.165) is 50.0 Å². The Labute approximate surface area is 218 Å². The van der Waals surface area contributed by atoms with Crippen molar-refractivity contribution >= 4 is 51.1 Å². The smallest absolute Gasteiger partial charge is 0.241 e. The van der Waals surface area contributed by atoms with Gasteiger partial charge in [0, 0.05) is 21.9 Å². The summed E-state index contributed by atoms with van der Waals surface area (Å²) in [4.78, 5) is 21.9. The largest absolute Gasteiger partial charge is 0.278 e. The molecule has 5 aromatic rings. The molecule has 3 aliphatic heterocycles. The standard InChI is InChI=1S/C32H20N6/c1-3-11-21(12-4-1)26-19-23-20-27(22-13-5-2-6-14-22)34-31-36-32(35-30(33-26)37(23)31)38-28-17-9-7-15-24(28)25-16-8-10-18-29(25)38/h1-20H. The Bertz CT molecular complexity index is 1860. The van der Waals surface area contributed by atoms with E-state index in [2.05, 4.69) is 77.4 Å². The number of nitrogens with zero attached hydrogens (tertiary/aromatic N) is 6. The number of benzene rings is 4. The van der Waals surface area contributed by atoms with Crippen LogP contribution in [0.2, 0.25) is 0 Å². The molecule has 0 N–H and O–H groups in total. The number of aliphatic imine (C=N–C) groups is 4. The van der Waals surface area contributed by atoms with Crippen LogP contribution < -0.4 is 0 Å². The summed E-state index contributed by atoms with van der Waals surface area (Å²) in [7, 11) is 0. The van der Waals surface area contributed by atoms with Gasteiger partial charge in [0.15, 0.2) is 0 Å². The maximum atomic E-state index is 5.02. The first-order chi connectivity index (χ1) is 18.8. The zero-order valence-corrected chi connectivity index (χ0v) is 20.2. The van der Waals surface area contributed by atoms with Crippen LogP contribution in [-0.4, -0.2) is 33.1 Å². The first-order valence-corrected chi connectivity index (χ1v) is 12.5. The summed E-state index contributed by atoms with van der Waals surface area (Å²) in [6, 6.07) is 37.1. The molecular weight excluding hydrogens is 468 g/mol. The number of fused-ring (bicyclic) bond motifs is 3. The van der Waals surface area contributed by atoms with Crippen molar-refractivity contribution in [3.05, 3.63) is 138 Å². The molecule has 0 saturated carbocycles. The van der Waals surface area contributed by atoms with Gasteiger partial charge in [-0.15, -0.1) is 0 Å². The van der Waals surface area contributed by atoms with E-state index in [4.69, 9.17) is 20.0 Å². The minimum absolute atomic E-state index is 0.541. The van der Waals surface area contributed by atoms with E-state index in [1.807, 2.05) is 53.4 Å². The number of hydrogen-bond acceptors (Lipinski definition) is 5. The lowest BCUT2D eigenvalue weighted by Gasteiger charge is -2.32. The Morgan fingerprint density at radius 3 is 1.68 bits per heavy atom. The van der Waals surface area contributed by atoms with Crippen LogP contribution in [0.5, 0.6) is 0 Å². The maximum Gasteiger partial charge on any atom is 0.241 e. The second-order valence-electron chi connectivity index (χ2n) is 9.27. The highest BCUT2D eigenvalue weighted by Gasteiger charge is 2.33. The molecule has 4 heterocycles. The van der Waals surface area contributed by atoms with Crippen molar-refractivity contribution in [3.8, 4) is 0 Å². The zero-order valence-electron chi connectivity index (χ0n) is 20.2. The van der Waals surface area contributed by atoms with E-state index in [1.165, 1.54) is 0 Å². The van der Waals surface area contributed by atoms with Gasteiger partial charge in [0.1, 0.15) is 0 Å². The molecule has 38 heavy (non-hydrogen) atoms. The van der Waals surface area contributed by atoms with Gasteiger partial charge in [-0.3, -0.25) is 4.57 Å². The van der Waals surface area contributed by atoms with Crippen LogP contribution in [0.4, 0.5) is 0 Å². The fourth-order valence-corrected chi connectivity index (χ4v) is 5.26. The fourth-order valence-electron chi connectivity index (χ4n) is 5.26. The van der Waals surface area contributed by atoms with E-state index in [0.29, 0.717) is 17.9 Å². The van der Waals surface area contributed by atoms with Crippen LogP contribution in [0.3, 0.4) is 0 Å². The SMILES string of the molecule is C1=C(c2ccccc2)N=C2N=C(n3c4ccccc4c4ccccc43)N=C3N=C(c4ccccc4)C=C1N23. The number of rotatable bonds is 2. The molecule has 6 nitrogen and oxygen atoms in total. The quantitative estimate of drug-likeness (QED) is 0.281. The molecule has 0 bridgehead atoms. The van der Waals surface area contributed by atoms with Crippen molar-refractivity contribution in [1.82, 2.24) is 9.47 Å². The lowest BCUT2D eigenvalue weighted by Crippen LogP contribution is -2.42. The van der Waals surface area contributed by atoms with Gasteiger partial charge >= 0.3 is 0 Å². The van der Waals surface area contributed by atoms with Gasteiger partial charge in [0.2, 0.25) is 17.9 Å². The van der Waals surface area contributed by atoms with Crippen molar-refractivity contribution in [2.75, 3.05) is 0 Å². The summed E-state index contributed by atoms with van der Waals surface area (Å²) in [6.45, 7) is 0. The molecule has 6 heteroatoms. The Kier molecular flexibility index (Phi) is 4.42. The monoisotopic (exact) mass is 488 g/mol. The number of guanidine groups is 2. The summed E-state index contributed by atoms with van der Waals surface area (Å²) in [6.07, 6.45) is 4.15. The highest BCUT2D eigenvalue weighted by atomic mass is 15.4. The molecule has 178 valence electrons. The van der Waals surface area contributed by atoms with Crippen molar-refractivity contribution in [3.63, 3.8) is 0 Å². The number of allylic oxidation sites excluding steroid dienone is 2.